The molecule has 0 saturated carbocycles. The Morgan fingerprint density at radius 1 is 1.35 bits per heavy atom. The Labute approximate surface area is 106 Å². The third kappa shape index (κ3) is 3.82. The van der Waals surface area contributed by atoms with Gasteiger partial charge >= 0.3 is 0 Å². The van der Waals surface area contributed by atoms with Gasteiger partial charge in [0.05, 0.1) is 11.7 Å². The fourth-order valence-electron chi connectivity index (χ4n) is 2.86. The van der Waals surface area contributed by atoms with E-state index in [9.17, 15) is 10.2 Å². The van der Waals surface area contributed by atoms with Crippen LogP contribution in [0.15, 0.2) is 11.1 Å². The average Bonchev–Trinajstić information content (AvgIpc) is 2.14. The van der Waals surface area contributed by atoms with E-state index in [0.717, 1.165) is 6.42 Å². The molecular formula is C15H28O2. The van der Waals surface area contributed by atoms with Crippen LogP contribution in [-0.4, -0.2) is 21.9 Å². The lowest BCUT2D eigenvalue weighted by molar-refractivity contribution is -0.0514. The molecule has 0 heterocycles. The maximum Gasteiger partial charge on any atom is 0.0849 e. The van der Waals surface area contributed by atoms with E-state index >= 15 is 0 Å². The van der Waals surface area contributed by atoms with Crippen molar-refractivity contribution in [3.63, 3.8) is 0 Å². The third-order valence-electron chi connectivity index (χ3n) is 4.17. The molecular weight excluding hydrogens is 212 g/mol. The normalized spacial score (nSPS) is 22.8. The predicted molar refractivity (Wildman–Crippen MR) is 71.9 cm³/mol. The molecule has 0 aromatic rings. The minimum Gasteiger partial charge on any atom is -0.390 e. The van der Waals surface area contributed by atoms with Gasteiger partial charge in [0.15, 0.2) is 0 Å². The summed E-state index contributed by atoms with van der Waals surface area (Å²) in [5, 5.41) is 19.6. The fourth-order valence-corrected chi connectivity index (χ4v) is 2.86. The first kappa shape index (κ1) is 14.7. The van der Waals surface area contributed by atoms with E-state index < -0.39 is 11.7 Å². The minimum absolute atomic E-state index is 0.266. The summed E-state index contributed by atoms with van der Waals surface area (Å²) < 4.78 is 0. The summed E-state index contributed by atoms with van der Waals surface area (Å²) in [7, 11) is 0. The van der Waals surface area contributed by atoms with Crippen molar-refractivity contribution in [2.45, 2.75) is 78.4 Å². The zero-order valence-electron chi connectivity index (χ0n) is 12.0. The van der Waals surface area contributed by atoms with E-state index in [1.165, 1.54) is 30.4 Å². The molecule has 0 aromatic carbocycles. The largest absolute Gasteiger partial charge is 0.390 e. The molecule has 0 bridgehead atoms. The highest BCUT2D eigenvalue weighted by Gasteiger charge is 2.30. The monoisotopic (exact) mass is 240 g/mol. The second kappa shape index (κ2) is 5.11. The molecule has 1 aliphatic carbocycles. The minimum atomic E-state index is -0.993. The molecule has 1 unspecified atom stereocenters. The number of allylic oxidation sites excluding steroid dienone is 2. The summed E-state index contributed by atoms with van der Waals surface area (Å²) in [5.74, 6) is 0. The molecule has 0 spiro atoms. The van der Waals surface area contributed by atoms with E-state index in [4.69, 9.17) is 0 Å². The van der Waals surface area contributed by atoms with Crippen LogP contribution >= 0.6 is 0 Å². The molecule has 0 aliphatic heterocycles. The first-order chi connectivity index (χ1) is 7.64. The van der Waals surface area contributed by atoms with Crippen LogP contribution in [0.4, 0.5) is 0 Å². The summed E-state index contributed by atoms with van der Waals surface area (Å²) >= 11 is 0. The first-order valence-electron chi connectivity index (χ1n) is 6.74. The quantitative estimate of drug-likeness (QED) is 0.739. The van der Waals surface area contributed by atoms with Crippen molar-refractivity contribution in [1.82, 2.24) is 0 Å². The van der Waals surface area contributed by atoms with Crippen LogP contribution in [0.5, 0.6) is 0 Å². The first-order valence-corrected chi connectivity index (χ1v) is 6.74. The van der Waals surface area contributed by atoms with Crippen molar-refractivity contribution in [3.8, 4) is 0 Å². The molecule has 2 N–H and O–H groups in total. The van der Waals surface area contributed by atoms with Crippen molar-refractivity contribution in [2.75, 3.05) is 0 Å². The van der Waals surface area contributed by atoms with Gasteiger partial charge in [-0.05, 0) is 58.3 Å². The Balaban J connectivity index is 2.67. The van der Waals surface area contributed by atoms with Gasteiger partial charge in [0.25, 0.3) is 0 Å². The van der Waals surface area contributed by atoms with Crippen molar-refractivity contribution in [2.24, 2.45) is 5.41 Å². The molecule has 0 radical (unpaired) electrons. The number of aliphatic hydroxyl groups is 2. The molecule has 0 saturated heterocycles. The average molecular weight is 240 g/mol. The van der Waals surface area contributed by atoms with E-state index in [-0.39, 0.29) is 5.41 Å². The van der Waals surface area contributed by atoms with Crippen LogP contribution in [0.2, 0.25) is 0 Å². The zero-order valence-corrected chi connectivity index (χ0v) is 12.0. The maximum atomic E-state index is 9.90. The molecule has 2 nitrogen and oxygen atoms in total. The summed E-state index contributed by atoms with van der Waals surface area (Å²) in [6.45, 7) is 10.1. The van der Waals surface area contributed by atoms with E-state index in [2.05, 4.69) is 20.8 Å². The number of hydrogen-bond donors (Lipinski definition) is 2. The van der Waals surface area contributed by atoms with Crippen molar-refractivity contribution in [3.05, 3.63) is 11.1 Å². The number of rotatable bonds is 4. The van der Waals surface area contributed by atoms with Gasteiger partial charge in [-0.2, -0.15) is 0 Å². The van der Waals surface area contributed by atoms with Crippen LogP contribution in [-0.2, 0) is 0 Å². The van der Waals surface area contributed by atoms with Crippen LogP contribution in [0.1, 0.15) is 66.7 Å². The Morgan fingerprint density at radius 3 is 2.41 bits per heavy atom. The van der Waals surface area contributed by atoms with Gasteiger partial charge in [-0.25, -0.2) is 0 Å². The highest BCUT2D eigenvalue weighted by atomic mass is 16.3. The Bertz CT molecular complexity index is 295. The van der Waals surface area contributed by atoms with Crippen LogP contribution < -0.4 is 0 Å². The highest BCUT2D eigenvalue weighted by molar-refractivity contribution is 5.22. The summed E-state index contributed by atoms with van der Waals surface area (Å²) in [4.78, 5) is 0. The number of aliphatic hydroxyl groups excluding tert-OH is 1. The summed E-state index contributed by atoms with van der Waals surface area (Å²) in [6.07, 6.45) is 4.62. The SMILES string of the molecule is CC1=C(CCC(O)C(C)(C)O)C(C)(C)CCC1. The molecule has 17 heavy (non-hydrogen) atoms. The molecule has 1 atom stereocenters. The van der Waals surface area contributed by atoms with Crippen molar-refractivity contribution in [1.29, 1.82) is 0 Å². The summed E-state index contributed by atoms with van der Waals surface area (Å²) in [5.41, 5.74) is 2.26. The lowest BCUT2D eigenvalue weighted by Gasteiger charge is -2.36. The van der Waals surface area contributed by atoms with E-state index in [1.807, 2.05) is 0 Å². The maximum absolute atomic E-state index is 9.90. The van der Waals surface area contributed by atoms with Crippen molar-refractivity contribution < 1.29 is 10.2 Å². The molecule has 0 amide bonds. The van der Waals surface area contributed by atoms with Crippen LogP contribution in [0.25, 0.3) is 0 Å². The molecule has 1 rings (SSSR count). The van der Waals surface area contributed by atoms with Crippen LogP contribution in [0, 0.1) is 5.41 Å². The second-order valence-electron chi connectivity index (χ2n) is 6.70. The van der Waals surface area contributed by atoms with Gasteiger partial charge in [-0.3, -0.25) is 0 Å². The van der Waals surface area contributed by atoms with E-state index in [0.29, 0.717) is 6.42 Å². The molecule has 0 fully saturated rings. The topological polar surface area (TPSA) is 40.5 Å². The smallest absolute Gasteiger partial charge is 0.0849 e. The lowest BCUT2D eigenvalue weighted by Crippen LogP contribution is -2.36. The van der Waals surface area contributed by atoms with Crippen molar-refractivity contribution >= 4 is 0 Å². The van der Waals surface area contributed by atoms with Gasteiger partial charge in [0.1, 0.15) is 0 Å². The van der Waals surface area contributed by atoms with Gasteiger partial charge in [-0.15, -0.1) is 0 Å². The zero-order chi connectivity index (χ0) is 13.3. The summed E-state index contributed by atoms with van der Waals surface area (Å²) in [6, 6.07) is 0. The van der Waals surface area contributed by atoms with Crippen LogP contribution in [0.3, 0.4) is 0 Å². The van der Waals surface area contributed by atoms with E-state index in [1.54, 1.807) is 13.8 Å². The molecule has 100 valence electrons. The highest BCUT2D eigenvalue weighted by Crippen LogP contribution is 2.42. The molecule has 1 aliphatic rings. The fraction of sp³-hybridized carbons (Fsp3) is 0.867. The standard InChI is InChI=1S/C15H28O2/c1-11-7-6-10-14(2,3)12(11)8-9-13(16)15(4,5)17/h13,16-17H,6-10H2,1-5H3. The molecule has 0 aromatic heterocycles. The third-order valence-corrected chi connectivity index (χ3v) is 4.17. The van der Waals surface area contributed by atoms with Gasteiger partial charge < -0.3 is 10.2 Å². The van der Waals surface area contributed by atoms with Gasteiger partial charge in [-0.1, -0.05) is 25.0 Å². The molecule has 2 heteroatoms. The Kier molecular flexibility index (Phi) is 4.43. The second-order valence-corrected chi connectivity index (χ2v) is 6.70. The van der Waals surface area contributed by atoms with Gasteiger partial charge in [0.2, 0.25) is 0 Å². The Hall–Kier alpha value is -0.340. The van der Waals surface area contributed by atoms with Gasteiger partial charge in [0, 0.05) is 0 Å². The predicted octanol–water partition coefficient (Wildman–Crippen LogP) is 3.43. The Morgan fingerprint density at radius 2 is 1.94 bits per heavy atom. The number of hydrogen-bond acceptors (Lipinski definition) is 2. The lowest BCUT2D eigenvalue weighted by atomic mass is 9.71.